The minimum Gasteiger partial charge on any atom is -0.349 e. The third-order valence-corrected chi connectivity index (χ3v) is 5.84. The van der Waals surface area contributed by atoms with Gasteiger partial charge in [0.1, 0.15) is 5.78 Å². The van der Waals surface area contributed by atoms with Crippen LogP contribution in [-0.4, -0.2) is 47.7 Å². The molecule has 1 aromatic carbocycles. The number of carbonyl (C=O) groups excluding carboxylic acids is 3. The average Bonchev–Trinajstić information content (AvgIpc) is 2.66. The molecule has 3 N–H and O–H groups in total. The van der Waals surface area contributed by atoms with Crippen molar-refractivity contribution < 1.29 is 14.4 Å². The fraction of sp³-hybridized carbons (Fsp3) is 0.571. The molecular weight excluding hydrogens is 342 g/mol. The lowest BCUT2D eigenvalue weighted by Gasteiger charge is -2.35. The summed E-state index contributed by atoms with van der Waals surface area (Å²) in [5.41, 5.74) is 8.44. The van der Waals surface area contributed by atoms with Crippen molar-refractivity contribution in [3.05, 3.63) is 34.9 Å². The Labute approximate surface area is 160 Å². The zero-order chi connectivity index (χ0) is 19.6. The van der Waals surface area contributed by atoms with Crippen LogP contribution in [0, 0.1) is 5.92 Å². The molecule has 1 aliphatic heterocycles. The van der Waals surface area contributed by atoms with Crippen LogP contribution in [0.5, 0.6) is 0 Å². The minimum absolute atomic E-state index is 0.00579. The van der Waals surface area contributed by atoms with Gasteiger partial charge in [0, 0.05) is 37.5 Å². The number of aryl methyl sites for hydroxylation is 1. The SMILES string of the molecule is CC(NC(=O)c1ccc2c(c1)CC(=O)CC2)C1CCN(C(=O)[C@H](C)N)CC1. The maximum atomic E-state index is 12.6. The van der Waals surface area contributed by atoms with E-state index in [-0.39, 0.29) is 23.6 Å². The third-order valence-electron chi connectivity index (χ3n) is 5.84. The normalized spacial score (nSPS) is 20.0. The lowest BCUT2D eigenvalue weighted by Crippen LogP contribution is -2.49. The number of carbonyl (C=O) groups is 3. The number of amides is 2. The van der Waals surface area contributed by atoms with Crippen molar-refractivity contribution in [2.45, 2.75) is 58.0 Å². The first-order valence-corrected chi connectivity index (χ1v) is 9.84. The van der Waals surface area contributed by atoms with Crippen LogP contribution in [0.25, 0.3) is 0 Å². The van der Waals surface area contributed by atoms with Crippen LogP contribution in [0.1, 0.15) is 54.6 Å². The number of hydrogen-bond acceptors (Lipinski definition) is 4. The molecule has 1 fully saturated rings. The Morgan fingerprint density at radius 3 is 2.52 bits per heavy atom. The lowest BCUT2D eigenvalue weighted by atomic mass is 9.88. The first kappa shape index (κ1) is 19.5. The lowest BCUT2D eigenvalue weighted by molar-refractivity contribution is -0.133. The largest absolute Gasteiger partial charge is 0.349 e. The minimum atomic E-state index is -0.463. The second-order valence-electron chi connectivity index (χ2n) is 7.91. The first-order chi connectivity index (χ1) is 12.8. The van der Waals surface area contributed by atoms with Gasteiger partial charge in [0.25, 0.3) is 5.91 Å². The van der Waals surface area contributed by atoms with Crippen LogP contribution in [0.2, 0.25) is 0 Å². The van der Waals surface area contributed by atoms with Gasteiger partial charge >= 0.3 is 0 Å². The highest BCUT2D eigenvalue weighted by molar-refractivity contribution is 5.95. The van der Waals surface area contributed by atoms with Gasteiger partial charge in [0.15, 0.2) is 0 Å². The van der Waals surface area contributed by atoms with Crippen LogP contribution in [0.15, 0.2) is 18.2 Å². The highest BCUT2D eigenvalue weighted by Crippen LogP contribution is 2.23. The molecule has 6 heteroatoms. The Morgan fingerprint density at radius 1 is 1.15 bits per heavy atom. The number of nitrogens with one attached hydrogen (secondary N) is 1. The van der Waals surface area contributed by atoms with E-state index < -0.39 is 6.04 Å². The number of benzene rings is 1. The smallest absolute Gasteiger partial charge is 0.251 e. The van der Waals surface area contributed by atoms with Crippen molar-refractivity contribution in [1.82, 2.24) is 10.2 Å². The van der Waals surface area contributed by atoms with Crippen LogP contribution in [-0.2, 0) is 22.4 Å². The number of nitrogens with two attached hydrogens (primary N) is 1. The van der Waals surface area contributed by atoms with Crippen molar-refractivity contribution in [2.24, 2.45) is 11.7 Å². The number of piperidine rings is 1. The second kappa shape index (κ2) is 8.21. The van der Waals surface area contributed by atoms with E-state index in [9.17, 15) is 14.4 Å². The highest BCUT2D eigenvalue weighted by atomic mass is 16.2. The first-order valence-electron chi connectivity index (χ1n) is 9.84. The number of fused-ring (bicyclic) bond motifs is 1. The fourth-order valence-electron chi connectivity index (χ4n) is 4.07. The number of hydrogen-bond donors (Lipinski definition) is 2. The molecule has 0 radical (unpaired) electrons. The van der Waals surface area contributed by atoms with Gasteiger partial charge in [-0.05, 0) is 62.3 Å². The zero-order valence-electron chi connectivity index (χ0n) is 16.2. The Hall–Kier alpha value is -2.21. The topological polar surface area (TPSA) is 92.5 Å². The van der Waals surface area contributed by atoms with Gasteiger partial charge < -0.3 is 16.0 Å². The summed E-state index contributed by atoms with van der Waals surface area (Å²) < 4.78 is 0. The van der Waals surface area contributed by atoms with Gasteiger partial charge in [-0.1, -0.05) is 6.07 Å². The number of ketones is 1. The quantitative estimate of drug-likeness (QED) is 0.838. The van der Waals surface area contributed by atoms with Crippen LogP contribution >= 0.6 is 0 Å². The summed E-state index contributed by atoms with van der Waals surface area (Å²) in [7, 11) is 0. The molecular formula is C21H29N3O3. The van der Waals surface area contributed by atoms with E-state index in [4.69, 9.17) is 5.73 Å². The summed E-state index contributed by atoms with van der Waals surface area (Å²) >= 11 is 0. The monoisotopic (exact) mass is 371 g/mol. The molecule has 1 aromatic rings. The maximum absolute atomic E-state index is 12.6. The summed E-state index contributed by atoms with van der Waals surface area (Å²) in [6.45, 7) is 5.11. The van der Waals surface area contributed by atoms with E-state index in [0.717, 1.165) is 24.8 Å². The van der Waals surface area contributed by atoms with E-state index in [2.05, 4.69) is 5.32 Å². The number of Topliss-reactive ketones (excluding diaryl/α,β-unsaturated/α-hetero) is 1. The molecule has 2 atom stereocenters. The molecule has 2 aliphatic rings. The van der Waals surface area contributed by atoms with Gasteiger partial charge in [-0.15, -0.1) is 0 Å². The number of nitrogens with zero attached hydrogens (tertiary/aromatic N) is 1. The predicted octanol–water partition coefficient (Wildman–Crippen LogP) is 1.45. The molecule has 1 aliphatic carbocycles. The maximum Gasteiger partial charge on any atom is 0.251 e. The van der Waals surface area contributed by atoms with Crippen LogP contribution in [0.3, 0.4) is 0 Å². The standard InChI is InChI=1S/C21H29N3O3/c1-13(22)21(27)24-9-7-15(8-10-24)14(2)23-20(26)17-4-3-16-5-6-19(25)12-18(16)11-17/h3-4,11,13-15H,5-10,12,22H2,1-2H3,(H,23,26)/t13-,14?/m0/s1. The predicted molar refractivity (Wildman–Crippen MR) is 103 cm³/mol. The Bertz CT molecular complexity index is 736. The van der Waals surface area contributed by atoms with Crippen molar-refractivity contribution in [1.29, 1.82) is 0 Å². The summed E-state index contributed by atoms with van der Waals surface area (Å²) in [5.74, 6) is 0.470. The summed E-state index contributed by atoms with van der Waals surface area (Å²) in [6, 6.07) is 5.25. The fourth-order valence-corrected chi connectivity index (χ4v) is 4.07. The van der Waals surface area contributed by atoms with Crippen molar-refractivity contribution in [2.75, 3.05) is 13.1 Å². The molecule has 2 amide bonds. The molecule has 146 valence electrons. The number of rotatable bonds is 4. The van der Waals surface area contributed by atoms with Crippen LogP contribution < -0.4 is 11.1 Å². The van der Waals surface area contributed by atoms with E-state index in [1.807, 2.05) is 30.0 Å². The van der Waals surface area contributed by atoms with Crippen molar-refractivity contribution in [3.63, 3.8) is 0 Å². The Balaban J connectivity index is 1.56. The van der Waals surface area contributed by atoms with Crippen molar-refractivity contribution in [3.8, 4) is 0 Å². The van der Waals surface area contributed by atoms with E-state index in [1.165, 1.54) is 5.56 Å². The molecule has 6 nitrogen and oxygen atoms in total. The van der Waals surface area contributed by atoms with E-state index in [0.29, 0.717) is 37.4 Å². The average molecular weight is 371 g/mol. The highest BCUT2D eigenvalue weighted by Gasteiger charge is 2.28. The number of likely N-dealkylation sites (tertiary alicyclic amines) is 1. The van der Waals surface area contributed by atoms with Gasteiger partial charge in [-0.25, -0.2) is 0 Å². The second-order valence-corrected chi connectivity index (χ2v) is 7.91. The van der Waals surface area contributed by atoms with Crippen molar-refractivity contribution >= 4 is 17.6 Å². The van der Waals surface area contributed by atoms with E-state index in [1.54, 1.807) is 6.92 Å². The Morgan fingerprint density at radius 2 is 1.85 bits per heavy atom. The van der Waals surface area contributed by atoms with Gasteiger partial charge in [0.05, 0.1) is 6.04 Å². The Kier molecular flexibility index (Phi) is 5.95. The molecule has 0 bridgehead atoms. The molecule has 0 spiro atoms. The molecule has 0 aromatic heterocycles. The van der Waals surface area contributed by atoms with Gasteiger partial charge in [0.2, 0.25) is 5.91 Å². The van der Waals surface area contributed by atoms with Gasteiger partial charge in [-0.2, -0.15) is 0 Å². The van der Waals surface area contributed by atoms with Crippen LogP contribution in [0.4, 0.5) is 0 Å². The molecule has 0 saturated carbocycles. The van der Waals surface area contributed by atoms with E-state index >= 15 is 0 Å². The summed E-state index contributed by atoms with van der Waals surface area (Å²) in [5, 5.41) is 3.10. The third kappa shape index (κ3) is 4.56. The summed E-state index contributed by atoms with van der Waals surface area (Å²) in [6.07, 6.45) is 3.51. The molecule has 1 heterocycles. The molecule has 3 rings (SSSR count). The van der Waals surface area contributed by atoms with Gasteiger partial charge in [-0.3, -0.25) is 14.4 Å². The molecule has 1 unspecified atom stereocenters. The molecule has 1 saturated heterocycles. The zero-order valence-corrected chi connectivity index (χ0v) is 16.2. The summed E-state index contributed by atoms with van der Waals surface area (Å²) in [4.78, 5) is 38.1. The molecule has 27 heavy (non-hydrogen) atoms.